The molecular formula is C20H23NO5. The Balaban J connectivity index is 1.64. The molecule has 1 aliphatic rings. The van der Waals surface area contributed by atoms with Crippen molar-refractivity contribution in [2.24, 2.45) is 0 Å². The van der Waals surface area contributed by atoms with Crippen molar-refractivity contribution >= 4 is 5.91 Å². The Kier molecular flexibility index (Phi) is 5.96. The van der Waals surface area contributed by atoms with Gasteiger partial charge in [0, 0.05) is 24.3 Å². The molecule has 1 heterocycles. The monoisotopic (exact) mass is 357 g/mol. The van der Waals surface area contributed by atoms with Gasteiger partial charge in [-0.05, 0) is 42.3 Å². The summed E-state index contributed by atoms with van der Waals surface area (Å²) < 4.78 is 21.6. The molecule has 6 nitrogen and oxygen atoms in total. The predicted octanol–water partition coefficient (Wildman–Crippen LogP) is 3.28. The maximum Gasteiger partial charge on any atom is 0.251 e. The summed E-state index contributed by atoms with van der Waals surface area (Å²) in [5.74, 6) is 2.00. The van der Waals surface area contributed by atoms with E-state index in [1.165, 1.54) is 0 Å². The zero-order valence-corrected chi connectivity index (χ0v) is 15.0. The zero-order valence-electron chi connectivity index (χ0n) is 15.0. The fourth-order valence-electron chi connectivity index (χ4n) is 2.69. The lowest BCUT2D eigenvalue weighted by Gasteiger charge is -2.12. The van der Waals surface area contributed by atoms with Gasteiger partial charge in [-0.25, -0.2) is 0 Å². The maximum absolute atomic E-state index is 12.5. The van der Waals surface area contributed by atoms with Gasteiger partial charge in [0.05, 0.1) is 13.7 Å². The third-order valence-electron chi connectivity index (χ3n) is 4.04. The summed E-state index contributed by atoms with van der Waals surface area (Å²) in [7, 11) is 1.61. The molecule has 1 N–H and O–H groups in total. The molecule has 0 aliphatic carbocycles. The summed E-state index contributed by atoms with van der Waals surface area (Å²) in [5.41, 5.74) is 2.38. The van der Waals surface area contributed by atoms with Crippen LogP contribution in [0.5, 0.6) is 17.2 Å². The topological polar surface area (TPSA) is 66.0 Å². The molecule has 0 saturated carbocycles. The SMILES string of the molecule is CCCOCc1cc(C(=O)NCc2ccc3c(c2)OCO3)ccc1OC. The third-order valence-corrected chi connectivity index (χ3v) is 4.04. The molecule has 6 heteroatoms. The number of benzene rings is 2. The molecule has 138 valence electrons. The number of nitrogens with one attached hydrogen (secondary N) is 1. The molecule has 0 atom stereocenters. The zero-order chi connectivity index (χ0) is 18.4. The second-order valence-electron chi connectivity index (χ2n) is 5.95. The predicted molar refractivity (Wildman–Crippen MR) is 96.7 cm³/mol. The van der Waals surface area contributed by atoms with E-state index in [1.807, 2.05) is 24.3 Å². The van der Waals surface area contributed by atoms with Gasteiger partial charge in [0.25, 0.3) is 5.91 Å². The highest BCUT2D eigenvalue weighted by atomic mass is 16.7. The van der Waals surface area contributed by atoms with Crippen LogP contribution in [-0.2, 0) is 17.9 Å². The van der Waals surface area contributed by atoms with Crippen LogP contribution in [0.25, 0.3) is 0 Å². The Morgan fingerprint density at radius 2 is 2.00 bits per heavy atom. The molecule has 2 aromatic carbocycles. The standard InChI is InChI=1S/C20H23NO5/c1-3-8-24-12-16-10-15(5-7-17(16)23-2)20(22)21-11-14-4-6-18-19(9-14)26-13-25-18/h4-7,9-10H,3,8,11-13H2,1-2H3,(H,21,22). The van der Waals surface area contributed by atoms with Crippen molar-refractivity contribution in [3.63, 3.8) is 0 Å². The molecule has 0 saturated heterocycles. The quantitative estimate of drug-likeness (QED) is 0.735. The van der Waals surface area contributed by atoms with E-state index in [2.05, 4.69) is 12.2 Å². The van der Waals surface area contributed by atoms with Gasteiger partial charge in [-0.2, -0.15) is 0 Å². The number of carbonyl (C=O) groups is 1. The highest BCUT2D eigenvalue weighted by Gasteiger charge is 2.14. The number of rotatable bonds is 8. The number of methoxy groups -OCH3 is 1. The van der Waals surface area contributed by atoms with Gasteiger partial charge in [-0.3, -0.25) is 4.79 Å². The minimum absolute atomic E-state index is 0.151. The Morgan fingerprint density at radius 1 is 1.15 bits per heavy atom. The van der Waals surface area contributed by atoms with Crippen molar-refractivity contribution in [1.29, 1.82) is 0 Å². The van der Waals surface area contributed by atoms with Gasteiger partial charge in [0.1, 0.15) is 5.75 Å². The van der Waals surface area contributed by atoms with E-state index in [4.69, 9.17) is 18.9 Å². The van der Waals surface area contributed by atoms with Crippen LogP contribution in [0.4, 0.5) is 0 Å². The summed E-state index contributed by atoms with van der Waals surface area (Å²) in [6, 6.07) is 11.0. The van der Waals surface area contributed by atoms with Crippen molar-refractivity contribution in [3.8, 4) is 17.2 Å². The summed E-state index contributed by atoms with van der Waals surface area (Å²) in [5, 5.41) is 2.92. The largest absolute Gasteiger partial charge is 0.496 e. The average Bonchev–Trinajstić information content (AvgIpc) is 3.14. The van der Waals surface area contributed by atoms with E-state index in [0.717, 1.165) is 23.3 Å². The van der Waals surface area contributed by atoms with E-state index in [0.29, 0.717) is 36.8 Å². The van der Waals surface area contributed by atoms with Crippen LogP contribution in [0.15, 0.2) is 36.4 Å². The highest BCUT2D eigenvalue weighted by molar-refractivity contribution is 5.94. The van der Waals surface area contributed by atoms with E-state index in [9.17, 15) is 4.79 Å². The number of hydrogen-bond acceptors (Lipinski definition) is 5. The molecule has 26 heavy (non-hydrogen) atoms. The first-order chi connectivity index (χ1) is 12.7. The first-order valence-electron chi connectivity index (χ1n) is 8.62. The second kappa shape index (κ2) is 8.58. The second-order valence-corrected chi connectivity index (χ2v) is 5.95. The van der Waals surface area contributed by atoms with Gasteiger partial charge in [-0.15, -0.1) is 0 Å². The Bertz CT molecular complexity index is 775. The summed E-state index contributed by atoms with van der Waals surface area (Å²) >= 11 is 0. The molecule has 0 unspecified atom stereocenters. The number of fused-ring (bicyclic) bond motifs is 1. The van der Waals surface area contributed by atoms with Gasteiger partial charge < -0.3 is 24.3 Å². The maximum atomic E-state index is 12.5. The molecular weight excluding hydrogens is 334 g/mol. The first-order valence-corrected chi connectivity index (χ1v) is 8.62. The van der Waals surface area contributed by atoms with Gasteiger partial charge in [0.2, 0.25) is 6.79 Å². The van der Waals surface area contributed by atoms with Crippen molar-refractivity contribution in [2.45, 2.75) is 26.5 Å². The van der Waals surface area contributed by atoms with Crippen molar-refractivity contribution in [3.05, 3.63) is 53.1 Å². The van der Waals surface area contributed by atoms with Crippen LogP contribution >= 0.6 is 0 Å². The molecule has 2 aromatic rings. The minimum Gasteiger partial charge on any atom is -0.496 e. The smallest absolute Gasteiger partial charge is 0.251 e. The molecule has 0 aromatic heterocycles. The van der Waals surface area contributed by atoms with E-state index >= 15 is 0 Å². The molecule has 0 radical (unpaired) electrons. The Hall–Kier alpha value is -2.73. The van der Waals surface area contributed by atoms with Crippen molar-refractivity contribution in [2.75, 3.05) is 20.5 Å². The lowest BCUT2D eigenvalue weighted by Crippen LogP contribution is -2.23. The molecule has 3 rings (SSSR count). The van der Waals surface area contributed by atoms with Gasteiger partial charge >= 0.3 is 0 Å². The van der Waals surface area contributed by atoms with Gasteiger partial charge in [-0.1, -0.05) is 13.0 Å². The van der Waals surface area contributed by atoms with Crippen LogP contribution < -0.4 is 19.5 Å². The summed E-state index contributed by atoms with van der Waals surface area (Å²) in [6.45, 7) is 3.78. The van der Waals surface area contributed by atoms with E-state index in [1.54, 1.807) is 19.2 Å². The summed E-state index contributed by atoms with van der Waals surface area (Å²) in [4.78, 5) is 12.5. The van der Waals surface area contributed by atoms with E-state index < -0.39 is 0 Å². The fourth-order valence-corrected chi connectivity index (χ4v) is 2.69. The number of carbonyl (C=O) groups excluding carboxylic acids is 1. The van der Waals surface area contributed by atoms with Crippen LogP contribution in [0.1, 0.15) is 34.8 Å². The third kappa shape index (κ3) is 4.26. The molecule has 1 amide bonds. The van der Waals surface area contributed by atoms with E-state index in [-0.39, 0.29) is 12.7 Å². The van der Waals surface area contributed by atoms with Crippen LogP contribution in [0, 0.1) is 0 Å². The lowest BCUT2D eigenvalue weighted by molar-refractivity contribution is 0.0949. The Labute approximate surface area is 153 Å². The van der Waals surface area contributed by atoms with Gasteiger partial charge in [0.15, 0.2) is 11.5 Å². The van der Waals surface area contributed by atoms with Crippen molar-refractivity contribution in [1.82, 2.24) is 5.32 Å². The molecule has 0 spiro atoms. The first kappa shape index (κ1) is 18.1. The normalized spacial score (nSPS) is 12.1. The summed E-state index contributed by atoms with van der Waals surface area (Å²) in [6.07, 6.45) is 0.942. The molecule has 0 fully saturated rings. The van der Waals surface area contributed by atoms with Crippen LogP contribution in [0.2, 0.25) is 0 Å². The molecule has 0 bridgehead atoms. The number of ether oxygens (including phenoxy) is 4. The van der Waals surface area contributed by atoms with Crippen LogP contribution in [-0.4, -0.2) is 26.4 Å². The Morgan fingerprint density at radius 3 is 2.81 bits per heavy atom. The van der Waals surface area contributed by atoms with Crippen molar-refractivity contribution < 1.29 is 23.7 Å². The minimum atomic E-state index is -0.151. The highest BCUT2D eigenvalue weighted by Crippen LogP contribution is 2.32. The number of hydrogen-bond donors (Lipinski definition) is 1. The molecule has 1 aliphatic heterocycles. The number of amides is 1. The lowest BCUT2D eigenvalue weighted by atomic mass is 10.1. The average molecular weight is 357 g/mol. The fraction of sp³-hybridized carbons (Fsp3) is 0.350. The van der Waals surface area contributed by atoms with Crippen LogP contribution in [0.3, 0.4) is 0 Å².